The highest BCUT2D eigenvalue weighted by molar-refractivity contribution is 9.10. The van der Waals surface area contributed by atoms with Crippen molar-refractivity contribution in [2.75, 3.05) is 5.32 Å². The highest BCUT2D eigenvalue weighted by atomic mass is 79.9. The molecule has 3 N–H and O–H groups in total. The van der Waals surface area contributed by atoms with Crippen molar-refractivity contribution >= 4 is 38.4 Å². The molecule has 0 spiro atoms. The summed E-state index contributed by atoms with van der Waals surface area (Å²) in [5.41, 5.74) is 2.20. The lowest BCUT2D eigenvalue weighted by Gasteiger charge is -2.07. The number of amides is 1. The number of aromatic hydroxyl groups is 1. The van der Waals surface area contributed by atoms with E-state index in [0.717, 1.165) is 15.4 Å². The van der Waals surface area contributed by atoms with Crippen molar-refractivity contribution in [2.24, 2.45) is 0 Å². The zero-order chi connectivity index (χ0) is 14.8. The molecule has 0 saturated heterocycles. The van der Waals surface area contributed by atoms with Crippen LogP contribution in [0.3, 0.4) is 0 Å². The molecule has 6 heteroatoms. The number of H-pyrrole nitrogens is 1. The van der Waals surface area contributed by atoms with Gasteiger partial charge in [0.05, 0.1) is 18.1 Å². The minimum atomic E-state index is -0.185. The summed E-state index contributed by atoms with van der Waals surface area (Å²) in [5.74, 6) is -0.0831. The van der Waals surface area contributed by atoms with Gasteiger partial charge in [-0.15, -0.1) is 0 Å². The highest BCUT2D eigenvalue weighted by Gasteiger charge is 2.09. The summed E-state index contributed by atoms with van der Waals surface area (Å²) >= 11 is 3.27. The van der Waals surface area contributed by atoms with Crippen LogP contribution >= 0.6 is 15.9 Å². The standard InChI is InChI=1S/C15H12BrN3O2/c16-11-2-1-9(14(20)7-11)6-15(21)18-12-3-4-13-10(5-12)8-17-19-13/h1-5,7-8,20H,6H2,(H,17,19)(H,18,21). The summed E-state index contributed by atoms with van der Waals surface area (Å²) in [5, 5.41) is 20.3. The van der Waals surface area contributed by atoms with E-state index in [1.165, 1.54) is 0 Å². The van der Waals surface area contributed by atoms with Gasteiger partial charge in [-0.1, -0.05) is 22.0 Å². The van der Waals surface area contributed by atoms with Crippen LogP contribution in [0, 0.1) is 0 Å². The Hall–Kier alpha value is -2.34. The number of carbonyl (C=O) groups is 1. The maximum Gasteiger partial charge on any atom is 0.228 e. The molecule has 1 amide bonds. The lowest BCUT2D eigenvalue weighted by molar-refractivity contribution is -0.115. The van der Waals surface area contributed by atoms with E-state index in [-0.39, 0.29) is 18.1 Å². The number of nitrogens with one attached hydrogen (secondary N) is 2. The van der Waals surface area contributed by atoms with E-state index in [4.69, 9.17) is 0 Å². The zero-order valence-electron chi connectivity index (χ0n) is 10.9. The van der Waals surface area contributed by atoms with Crippen molar-refractivity contribution in [3.63, 3.8) is 0 Å². The maximum absolute atomic E-state index is 12.0. The second-order valence-electron chi connectivity index (χ2n) is 4.67. The first-order valence-corrected chi connectivity index (χ1v) is 7.11. The van der Waals surface area contributed by atoms with Gasteiger partial charge in [0, 0.05) is 21.1 Å². The Kier molecular flexibility index (Phi) is 3.62. The number of carbonyl (C=O) groups excluding carboxylic acids is 1. The summed E-state index contributed by atoms with van der Waals surface area (Å²) in [6.45, 7) is 0. The quantitative estimate of drug-likeness (QED) is 0.681. The summed E-state index contributed by atoms with van der Waals surface area (Å²) in [6, 6.07) is 10.6. The summed E-state index contributed by atoms with van der Waals surface area (Å²) in [4.78, 5) is 12.0. The van der Waals surface area contributed by atoms with Crippen molar-refractivity contribution in [1.29, 1.82) is 0 Å². The monoisotopic (exact) mass is 345 g/mol. The molecule has 2 aromatic carbocycles. The van der Waals surface area contributed by atoms with Crippen LogP contribution in [-0.4, -0.2) is 21.2 Å². The average molecular weight is 346 g/mol. The van der Waals surface area contributed by atoms with E-state index < -0.39 is 0 Å². The Morgan fingerprint density at radius 3 is 2.95 bits per heavy atom. The van der Waals surface area contributed by atoms with Gasteiger partial charge in [0.2, 0.25) is 5.91 Å². The Bertz CT molecular complexity index is 814. The number of hydrogen-bond donors (Lipinski definition) is 3. The first-order chi connectivity index (χ1) is 10.1. The molecular weight excluding hydrogens is 334 g/mol. The van der Waals surface area contributed by atoms with Gasteiger partial charge in [-0.05, 0) is 30.3 Å². The van der Waals surface area contributed by atoms with Gasteiger partial charge in [0.1, 0.15) is 5.75 Å². The van der Waals surface area contributed by atoms with Crippen molar-refractivity contribution < 1.29 is 9.90 Å². The lowest BCUT2D eigenvalue weighted by atomic mass is 10.1. The molecule has 1 heterocycles. The number of hydrogen-bond acceptors (Lipinski definition) is 3. The first-order valence-electron chi connectivity index (χ1n) is 6.32. The van der Waals surface area contributed by atoms with E-state index in [1.54, 1.807) is 30.5 Å². The Morgan fingerprint density at radius 2 is 2.14 bits per heavy atom. The van der Waals surface area contributed by atoms with E-state index in [2.05, 4.69) is 31.4 Å². The van der Waals surface area contributed by atoms with Crippen molar-refractivity contribution in [1.82, 2.24) is 10.2 Å². The number of halogens is 1. The molecule has 0 fully saturated rings. The summed E-state index contributed by atoms with van der Waals surface area (Å²) < 4.78 is 0.773. The molecule has 21 heavy (non-hydrogen) atoms. The van der Waals surface area contributed by atoms with Crippen LogP contribution in [0.4, 0.5) is 5.69 Å². The molecule has 1 aromatic heterocycles. The van der Waals surface area contributed by atoms with Crippen molar-refractivity contribution in [3.8, 4) is 5.75 Å². The number of phenols is 1. The molecule has 0 saturated carbocycles. The van der Waals surface area contributed by atoms with Gasteiger partial charge in [-0.25, -0.2) is 0 Å². The lowest BCUT2D eigenvalue weighted by Crippen LogP contribution is -2.14. The molecular formula is C15H12BrN3O2. The van der Waals surface area contributed by atoms with Gasteiger partial charge >= 0.3 is 0 Å². The average Bonchev–Trinajstić information content (AvgIpc) is 2.89. The number of fused-ring (bicyclic) bond motifs is 1. The van der Waals surface area contributed by atoms with E-state index in [9.17, 15) is 9.90 Å². The van der Waals surface area contributed by atoms with Crippen LogP contribution in [0.25, 0.3) is 10.9 Å². The third kappa shape index (κ3) is 3.05. The molecule has 0 atom stereocenters. The predicted molar refractivity (Wildman–Crippen MR) is 84.2 cm³/mol. The number of rotatable bonds is 3. The van der Waals surface area contributed by atoms with E-state index in [0.29, 0.717) is 11.3 Å². The third-order valence-corrected chi connectivity index (χ3v) is 3.62. The number of anilines is 1. The number of phenolic OH excluding ortho intramolecular Hbond substituents is 1. The van der Waals surface area contributed by atoms with Crippen LogP contribution in [0.2, 0.25) is 0 Å². The van der Waals surface area contributed by atoms with Gasteiger partial charge in [0.15, 0.2) is 0 Å². The van der Waals surface area contributed by atoms with Crippen LogP contribution in [-0.2, 0) is 11.2 Å². The minimum Gasteiger partial charge on any atom is -0.508 e. The third-order valence-electron chi connectivity index (χ3n) is 3.12. The SMILES string of the molecule is O=C(Cc1ccc(Br)cc1O)Nc1ccc2[nH]ncc2c1. The fraction of sp³-hybridized carbons (Fsp3) is 0.0667. The van der Waals surface area contributed by atoms with Gasteiger partial charge in [-0.3, -0.25) is 9.89 Å². The summed E-state index contributed by atoms with van der Waals surface area (Å²) in [7, 11) is 0. The van der Waals surface area contributed by atoms with Gasteiger partial charge in [-0.2, -0.15) is 5.10 Å². The second-order valence-corrected chi connectivity index (χ2v) is 5.59. The van der Waals surface area contributed by atoms with Crippen molar-refractivity contribution in [2.45, 2.75) is 6.42 Å². The minimum absolute atomic E-state index is 0.102. The van der Waals surface area contributed by atoms with Crippen LogP contribution in [0.15, 0.2) is 47.1 Å². The Balaban J connectivity index is 1.73. The molecule has 0 aliphatic carbocycles. The van der Waals surface area contributed by atoms with E-state index in [1.807, 2.05) is 12.1 Å². The molecule has 3 rings (SSSR count). The normalized spacial score (nSPS) is 10.7. The highest BCUT2D eigenvalue weighted by Crippen LogP contribution is 2.23. The fourth-order valence-electron chi connectivity index (χ4n) is 2.09. The molecule has 0 aliphatic rings. The smallest absolute Gasteiger partial charge is 0.228 e. The van der Waals surface area contributed by atoms with Gasteiger partial charge < -0.3 is 10.4 Å². The van der Waals surface area contributed by atoms with E-state index >= 15 is 0 Å². The zero-order valence-corrected chi connectivity index (χ0v) is 12.5. The second kappa shape index (κ2) is 5.57. The van der Waals surface area contributed by atoms with Crippen LogP contribution in [0.5, 0.6) is 5.75 Å². The number of benzene rings is 2. The topological polar surface area (TPSA) is 78.0 Å². The Morgan fingerprint density at radius 1 is 1.29 bits per heavy atom. The first kappa shape index (κ1) is 13.6. The summed E-state index contributed by atoms with van der Waals surface area (Å²) in [6.07, 6.45) is 1.81. The molecule has 106 valence electrons. The van der Waals surface area contributed by atoms with Gasteiger partial charge in [0.25, 0.3) is 0 Å². The molecule has 3 aromatic rings. The number of nitrogens with zero attached hydrogens (tertiary/aromatic N) is 1. The molecule has 0 bridgehead atoms. The maximum atomic E-state index is 12.0. The molecule has 0 aliphatic heterocycles. The number of aromatic amines is 1. The Labute approximate surface area is 129 Å². The molecule has 0 radical (unpaired) electrons. The van der Waals surface area contributed by atoms with Crippen LogP contribution < -0.4 is 5.32 Å². The predicted octanol–water partition coefficient (Wildman–Crippen LogP) is 3.21. The fourth-order valence-corrected chi connectivity index (χ4v) is 2.43. The largest absolute Gasteiger partial charge is 0.508 e. The molecule has 5 nitrogen and oxygen atoms in total. The van der Waals surface area contributed by atoms with Crippen LogP contribution in [0.1, 0.15) is 5.56 Å². The molecule has 0 unspecified atom stereocenters. The van der Waals surface area contributed by atoms with Crippen molar-refractivity contribution in [3.05, 3.63) is 52.6 Å². The number of aromatic nitrogens is 2.